The van der Waals surface area contributed by atoms with E-state index in [0.29, 0.717) is 6.61 Å². The van der Waals surface area contributed by atoms with Gasteiger partial charge in [0.1, 0.15) is 0 Å². The third kappa shape index (κ3) is 3.36. The van der Waals surface area contributed by atoms with E-state index >= 15 is 0 Å². The lowest BCUT2D eigenvalue weighted by atomic mass is 10.2. The molecule has 0 saturated carbocycles. The second-order valence-corrected chi connectivity index (χ2v) is 4.73. The maximum absolute atomic E-state index is 12.1. The van der Waals surface area contributed by atoms with E-state index in [1.54, 1.807) is 18.9 Å². The van der Waals surface area contributed by atoms with Gasteiger partial charge in [0.15, 0.2) is 0 Å². The Morgan fingerprint density at radius 2 is 2.47 bits per heavy atom. The molecule has 1 aliphatic heterocycles. The van der Waals surface area contributed by atoms with E-state index in [2.05, 4.69) is 5.32 Å². The first kappa shape index (κ1) is 12.8. The molecule has 1 saturated heterocycles. The van der Waals surface area contributed by atoms with Crippen LogP contribution < -0.4 is 5.32 Å². The fraction of sp³-hybridized carbons (Fsp3) is 0.900. The monoisotopic (exact) mass is 232 g/mol. The number of carbonyl (C=O) groups excluding carboxylic acids is 1. The molecule has 0 spiro atoms. The Morgan fingerprint density at radius 3 is 2.93 bits per heavy atom. The van der Waals surface area contributed by atoms with Crippen LogP contribution in [0, 0.1) is 0 Å². The van der Waals surface area contributed by atoms with Crippen molar-refractivity contribution in [2.75, 3.05) is 31.9 Å². The van der Waals surface area contributed by atoms with Crippen molar-refractivity contribution < 1.29 is 9.53 Å². The zero-order valence-corrected chi connectivity index (χ0v) is 10.5. The topological polar surface area (TPSA) is 41.6 Å². The number of thioether (sulfide) groups is 1. The lowest BCUT2D eigenvalue weighted by Gasteiger charge is -2.29. The summed E-state index contributed by atoms with van der Waals surface area (Å²) in [4.78, 5) is 14.0. The Morgan fingerprint density at radius 1 is 1.73 bits per heavy atom. The molecule has 1 amide bonds. The standard InChI is InChI=1S/C10H20N2O2S/c1-4-12(8(2)5-14-3)10(13)9-6-15-7-11-9/h8-9,11H,4-7H2,1-3H3. The molecule has 15 heavy (non-hydrogen) atoms. The molecular formula is C10H20N2O2S. The fourth-order valence-electron chi connectivity index (χ4n) is 1.77. The van der Waals surface area contributed by atoms with Gasteiger partial charge >= 0.3 is 0 Å². The summed E-state index contributed by atoms with van der Waals surface area (Å²) in [6.07, 6.45) is 0. The predicted octanol–water partition coefficient (Wildman–Crippen LogP) is 0.532. The van der Waals surface area contributed by atoms with Crippen LogP contribution in [0.15, 0.2) is 0 Å². The first-order valence-corrected chi connectivity index (χ1v) is 6.46. The summed E-state index contributed by atoms with van der Waals surface area (Å²) in [5.74, 6) is 1.97. The molecule has 0 aromatic rings. The number of nitrogens with one attached hydrogen (secondary N) is 1. The molecule has 1 aliphatic rings. The Bertz CT molecular complexity index is 208. The van der Waals surface area contributed by atoms with Gasteiger partial charge in [0.2, 0.25) is 5.91 Å². The van der Waals surface area contributed by atoms with Crippen molar-refractivity contribution in [3.63, 3.8) is 0 Å². The van der Waals surface area contributed by atoms with Gasteiger partial charge in [-0.25, -0.2) is 0 Å². The molecule has 0 aromatic heterocycles. The quantitative estimate of drug-likeness (QED) is 0.751. The SMILES string of the molecule is CCN(C(=O)C1CSCN1)C(C)COC. The first-order valence-electron chi connectivity index (χ1n) is 5.31. The number of hydrogen-bond donors (Lipinski definition) is 1. The lowest BCUT2D eigenvalue weighted by molar-refractivity contribution is -0.135. The molecule has 1 N–H and O–H groups in total. The van der Waals surface area contributed by atoms with Crippen molar-refractivity contribution in [3.8, 4) is 0 Å². The largest absolute Gasteiger partial charge is 0.383 e. The van der Waals surface area contributed by atoms with E-state index < -0.39 is 0 Å². The third-order valence-corrected chi connectivity index (χ3v) is 3.52. The van der Waals surface area contributed by atoms with Gasteiger partial charge in [-0.3, -0.25) is 10.1 Å². The smallest absolute Gasteiger partial charge is 0.240 e. The van der Waals surface area contributed by atoms with Crippen molar-refractivity contribution >= 4 is 17.7 Å². The number of ether oxygens (including phenoxy) is 1. The highest BCUT2D eigenvalue weighted by atomic mass is 32.2. The maximum atomic E-state index is 12.1. The normalized spacial score (nSPS) is 22.7. The summed E-state index contributed by atoms with van der Waals surface area (Å²) in [5, 5.41) is 3.20. The summed E-state index contributed by atoms with van der Waals surface area (Å²) in [7, 11) is 1.67. The van der Waals surface area contributed by atoms with E-state index in [-0.39, 0.29) is 18.0 Å². The van der Waals surface area contributed by atoms with Gasteiger partial charge in [-0.15, -0.1) is 11.8 Å². The molecule has 1 heterocycles. The van der Waals surface area contributed by atoms with Crippen LogP contribution in [0.4, 0.5) is 0 Å². The molecular weight excluding hydrogens is 212 g/mol. The number of rotatable bonds is 5. The molecule has 2 unspecified atom stereocenters. The lowest BCUT2D eigenvalue weighted by Crippen LogP contribution is -2.49. The van der Waals surface area contributed by atoms with Crippen LogP contribution >= 0.6 is 11.8 Å². The summed E-state index contributed by atoms with van der Waals surface area (Å²) >= 11 is 1.77. The number of hydrogen-bond acceptors (Lipinski definition) is 4. The average molecular weight is 232 g/mol. The second-order valence-electron chi connectivity index (χ2n) is 3.70. The van der Waals surface area contributed by atoms with Crippen molar-refractivity contribution in [3.05, 3.63) is 0 Å². The Hall–Kier alpha value is -0.260. The van der Waals surface area contributed by atoms with Crippen molar-refractivity contribution in [2.45, 2.75) is 25.9 Å². The predicted molar refractivity (Wildman–Crippen MR) is 63.0 cm³/mol. The first-order chi connectivity index (χ1) is 7.20. The van der Waals surface area contributed by atoms with Crippen LogP contribution in [0.3, 0.4) is 0 Å². The summed E-state index contributed by atoms with van der Waals surface area (Å²) in [6.45, 7) is 5.37. The zero-order valence-electron chi connectivity index (χ0n) is 9.66. The molecule has 0 aromatic carbocycles. The Labute approximate surface area is 95.7 Å². The molecule has 4 nitrogen and oxygen atoms in total. The van der Waals surface area contributed by atoms with Crippen LogP contribution in [-0.4, -0.2) is 54.8 Å². The van der Waals surface area contributed by atoms with Crippen LogP contribution in [0.1, 0.15) is 13.8 Å². The van der Waals surface area contributed by atoms with Crippen LogP contribution in [0.25, 0.3) is 0 Å². The van der Waals surface area contributed by atoms with E-state index in [1.807, 2.05) is 18.7 Å². The van der Waals surface area contributed by atoms with Gasteiger partial charge in [0.25, 0.3) is 0 Å². The van der Waals surface area contributed by atoms with Crippen LogP contribution in [0.5, 0.6) is 0 Å². The molecule has 5 heteroatoms. The highest BCUT2D eigenvalue weighted by Gasteiger charge is 2.28. The third-order valence-electron chi connectivity index (χ3n) is 2.58. The van der Waals surface area contributed by atoms with Gasteiger partial charge in [0.05, 0.1) is 18.7 Å². The second kappa shape index (κ2) is 6.35. The van der Waals surface area contributed by atoms with Crippen LogP contribution in [-0.2, 0) is 9.53 Å². The summed E-state index contributed by atoms with van der Waals surface area (Å²) in [6, 6.07) is 0.147. The fourth-order valence-corrected chi connectivity index (χ4v) is 2.70. The molecule has 0 radical (unpaired) electrons. The van der Waals surface area contributed by atoms with Gasteiger partial charge in [0, 0.05) is 25.3 Å². The van der Waals surface area contributed by atoms with Crippen molar-refractivity contribution in [1.29, 1.82) is 0 Å². The average Bonchev–Trinajstić information content (AvgIpc) is 2.71. The minimum atomic E-state index is -0.00532. The number of likely N-dealkylation sites (N-methyl/N-ethyl adjacent to an activating group) is 1. The highest BCUT2D eigenvalue weighted by Crippen LogP contribution is 2.13. The van der Waals surface area contributed by atoms with Gasteiger partial charge in [-0.05, 0) is 13.8 Å². The summed E-state index contributed by atoms with van der Waals surface area (Å²) in [5.41, 5.74) is 0. The molecule has 0 bridgehead atoms. The minimum absolute atomic E-state index is 0.00532. The van der Waals surface area contributed by atoms with E-state index in [9.17, 15) is 4.79 Å². The summed E-state index contributed by atoms with van der Waals surface area (Å²) < 4.78 is 5.08. The number of methoxy groups -OCH3 is 1. The van der Waals surface area contributed by atoms with Crippen molar-refractivity contribution in [1.82, 2.24) is 10.2 Å². The van der Waals surface area contributed by atoms with Gasteiger partial charge in [-0.1, -0.05) is 0 Å². The number of nitrogens with zero attached hydrogens (tertiary/aromatic N) is 1. The molecule has 0 aliphatic carbocycles. The van der Waals surface area contributed by atoms with E-state index in [0.717, 1.165) is 18.2 Å². The Kier molecular flexibility index (Phi) is 5.42. The van der Waals surface area contributed by atoms with Gasteiger partial charge in [-0.2, -0.15) is 0 Å². The molecule has 2 atom stereocenters. The van der Waals surface area contributed by atoms with E-state index in [4.69, 9.17) is 4.74 Å². The maximum Gasteiger partial charge on any atom is 0.240 e. The van der Waals surface area contributed by atoms with Crippen LogP contribution in [0.2, 0.25) is 0 Å². The van der Waals surface area contributed by atoms with Gasteiger partial charge < -0.3 is 9.64 Å². The number of amides is 1. The Balaban J connectivity index is 2.52. The molecule has 1 fully saturated rings. The highest BCUT2D eigenvalue weighted by molar-refractivity contribution is 7.99. The minimum Gasteiger partial charge on any atom is -0.383 e. The molecule has 1 rings (SSSR count). The van der Waals surface area contributed by atoms with Crippen molar-refractivity contribution in [2.24, 2.45) is 0 Å². The number of carbonyl (C=O) groups is 1. The zero-order chi connectivity index (χ0) is 11.3. The molecule has 88 valence electrons. The van der Waals surface area contributed by atoms with E-state index in [1.165, 1.54) is 0 Å².